The molecule has 4 atom stereocenters. The Morgan fingerprint density at radius 1 is 1.26 bits per heavy atom. The molecule has 2 aliphatic carbocycles. The first-order chi connectivity index (χ1) is 9.16. The average molecular weight is 326 g/mol. The number of nitrogens with zero attached hydrogens (tertiary/aromatic N) is 2. The van der Waals surface area contributed by atoms with Crippen molar-refractivity contribution in [2.24, 2.45) is 30.5 Å². The van der Waals surface area contributed by atoms with E-state index in [4.69, 9.17) is 5.73 Å². The van der Waals surface area contributed by atoms with Crippen molar-refractivity contribution in [2.45, 2.75) is 51.0 Å². The first-order valence-corrected chi connectivity index (χ1v) is 8.39. The third-order valence-corrected chi connectivity index (χ3v) is 5.95. The molecule has 4 unspecified atom stereocenters. The lowest BCUT2D eigenvalue weighted by Gasteiger charge is -2.41. The molecule has 2 N–H and O–H groups in total. The van der Waals surface area contributed by atoms with E-state index >= 15 is 0 Å². The molecule has 0 saturated heterocycles. The van der Waals surface area contributed by atoms with E-state index < -0.39 is 0 Å². The first-order valence-electron chi connectivity index (χ1n) is 7.59. The third-order valence-electron chi connectivity index (χ3n) is 5.34. The van der Waals surface area contributed by atoms with Crippen LogP contribution < -0.4 is 5.73 Å². The van der Waals surface area contributed by atoms with E-state index in [0.29, 0.717) is 5.92 Å². The number of halogens is 1. The summed E-state index contributed by atoms with van der Waals surface area (Å²) >= 11 is 3.59. The molecule has 3 rings (SSSR count). The summed E-state index contributed by atoms with van der Waals surface area (Å²) in [4.78, 5) is 0. The van der Waals surface area contributed by atoms with Gasteiger partial charge < -0.3 is 5.73 Å². The predicted octanol–water partition coefficient (Wildman–Crippen LogP) is 3.79. The quantitative estimate of drug-likeness (QED) is 0.899. The van der Waals surface area contributed by atoms with Gasteiger partial charge in [0.1, 0.15) is 0 Å². The Hall–Kier alpha value is -0.350. The topological polar surface area (TPSA) is 43.8 Å². The maximum atomic E-state index is 6.55. The Bertz CT molecular complexity index is 423. The molecule has 1 aromatic rings. The van der Waals surface area contributed by atoms with E-state index in [1.807, 2.05) is 17.9 Å². The Morgan fingerprint density at radius 2 is 2.00 bits per heavy atom. The number of aryl methyl sites for hydroxylation is 1. The smallest absolute Gasteiger partial charge is 0.0692 e. The fourth-order valence-corrected chi connectivity index (χ4v) is 4.87. The molecule has 4 heteroatoms. The van der Waals surface area contributed by atoms with E-state index in [1.165, 1.54) is 50.6 Å². The minimum atomic E-state index is 0.129. The van der Waals surface area contributed by atoms with Gasteiger partial charge in [0.15, 0.2) is 0 Å². The molecule has 0 radical (unpaired) electrons. The van der Waals surface area contributed by atoms with E-state index in [0.717, 1.165) is 16.3 Å². The van der Waals surface area contributed by atoms with Crippen LogP contribution >= 0.6 is 15.9 Å². The highest BCUT2D eigenvalue weighted by molar-refractivity contribution is 9.10. The van der Waals surface area contributed by atoms with E-state index in [2.05, 4.69) is 21.0 Å². The van der Waals surface area contributed by atoms with Crippen molar-refractivity contribution in [3.05, 3.63) is 16.4 Å². The third kappa shape index (κ3) is 2.62. The van der Waals surface area contributed by atoms with Crippen molar-refractivity contribution in [2.75, 3.05) is 0 Å². The van der Waals surface area contributed by atoms with Crippen LogP contribution in [0, 0.1) is 17.8 Å². The SMILES string of the molecule is Cn1ncc(Br)c1C(N)C1CCC2CCCCC2C1. The largest absolute Gasteiger partial charge is 0.322 e. The average Bonchev–Trinajstić information content (AvgIpc) is 2.77. The first kappa shape index (κ1) is 13.6. The number of aromatic nitrogens is 2. The van der Waals surface area contributed by atoms with Crippen LogP contribution in [0.1, 0.15) is 56.7 Å². The Labute approximate surface area is 124 Å². The normalized spacial score (nSPS) is 32.9. The van der Waals surface area contributed by atoms with Crippen LogP contribution in [0.15, 0.2) is 10.7 Å². The Balaban J connectivity index is 1.72. The number of fused-ring (bicyclic) bond motifs is 1. The van der Waals surface area contributed by atoms with Gasteiger partial charge in [-0.25, -0.2) is 0 Å². The van der Waals surface area contributed by atoms with Crippen LogP contribution in [0.3, 0.4) is 0 Å². The van der Waals surface area contributed by atoms with Crippen molar-refractivity contribution in [3.8, 4) is 0 Å². The second-order valence-electron chi connectivity index (χ2n) is 6.40. The number of nitrogens with two attached hydrogens (primary N) is 1. The second-order valence-corrected chi connectivity index (χ2v) is 7.26. The summed E-state index contributed by atoms with van der Waals surface area (Å²) in [6.45, 7) is 0. The van der Waals surface area contributed by atoms with Crippen molar-refractivity contribution >= 4 is 15.9 Å². The molecular weight excluding hydrogens is 302 g/mol. The molecule has 106 valence electrons. The number of hydrogen-bond acceptors (Lipinski definition) is 2. The highest BCUT2D eigenvalue weighted by Gasteiger charge is 2.35. The lowest BCUT2D eigenvalue weighted by molar-refractivity contribution is 0.116. The van der Waals surface area contributed by atoms with Crippen LogP contribution in [0.5, 0.6) is 0 Å². The highest BCUT2D eigenvalue weighted by atomic mass is 79.9. The lowest BCUT2D eigenvalue weighted by Crippen LogP contribution is -2.34. The van der Waals surface area contributed by atoms with Crippen LogP contribution in [0.4, 0.5) is 0 Å². The molecule has 3 nitrogen and oxygen atoms in total. The molecule has 2 saturated carbocycles. The maximum Gasteiger partial charge on any atom is 0.0692 e. The van der Waals surface area contributed by atoms with E-state index in [1.54, 1.807) is 0 Å². The van der Waals surface area contributed by atoms with Gasteiger partial charge in [-0.1, -0.05) is 25.7 Å². The molecule has 1 aromatic heterocycles. The van der Waals surface area contributed by atoms with Gasteiger partial charge in [-0.15, -0.1) is 0 Å². The Morgan fingerprint density at radius 3 is 2.68 bits per heavy atom. The second kappa shape index (κ2) is 5.57. The zero-order valence-corrected chi connectivity index (χ0v) is 13.3. The van der Waals surface area contributed by atoms with Gasteiger partial charge in [-0.2, -0.15) is 5.10 Å². The molecule has 0 bridgehead atoms. The zero-order valence-electron chi connectivity index (χ0n) is 11.7. The van der Waals surface area contributed by atoms with Gasteiger partial charge in [0.2, 0.25) is 0 Å². The Kier molecular flexibility index (Phi) is 3.99. The van der Waals surface area contributed by atoms with Gasteiger partial charge in [-0.3, -0.25) is 4.68 Å². The maximum absolute atomic E-state index is 6.55. The standard InChI is InChI=1S/C15H24BrN3/c1-19-15(13(16)9-18-19)14(17)12-7-6-10-4-2-3-5-11(10)8-12/h9-12,14H,2-8,17H2,1H3. The van der Waals surface area contributed by atoms with Crippen LogP contribution in [0.2, 0.25) is 0 Å². The molecule has 0 aromatic carbocycles. The summed E-state index contributed by atoms with van der Waals surface area (Å²) in [5.41, 5.74) is 7.71. The van der Waals surface area contributed by atoms with Gasteiger partial charge in [0.25, 0.3) is 0 Å². The van der Waals surface area contributed by atoms with Crippen molar-refractivity contribution in [3.63, 3.8) is 0 Å². The molecular formula is C15H24BrN3. The van der Waals surface area contributed by atoms with Crippen LogP contribution in [-0.2, 0) is 7.05 Å². The summed E-state index contributed by atoms with van der Waals surface area (Å²) in [5.74, 6) is 2.56. The van der Waals surface area contributed by atoms with Crippen LogP contribution in [-0.4, -0.2) is 9.78 Å². The fourth-order valence-electron chi connectivity index (χ4n) is 4.25. The molecule has 0 aliphatic heterocycles. The van der Waals surface area contributed by atoms with Gasteiger partial charge >= 0.3 is 0 Å². The number of hydrogen-bond donors (Lipinski definition) is 1. The van der Waals surface area contributed by atoms with Crippen molar-refractivity contribution < 1.29 is 0 Å². The molecule has 1 heterocycles. The summed E-state index contributed by atoms with van der Waals surface area (Å²) < 4.78 is 3.00. The monoisotopic (exact) mass is 325 g/mol. The zero-order chi connectivity index (χ0) is 13.4. The van der Waals surface area contributed by atoms with E-state index in [9.17, 15) is 0 Å². The minimum absolute atomic E-state index is 0.129. The van der Waals surface area contributed by atoms with Crippen molar-refractivity contribution in [1.82, 2.24) is 9.78 Å². The predicted molar refractivity (Wildman–Crippen MR) is 80.6 cm³/mol. The number of rotatable bonds is 2. The van der Waals surface area contributed by atoms with Gasteiger partial charge in [0, 0.05) is 7.05 Å². The summed E-state index contributed by atoms with van der Waals surface area (Å²) in [6.07, 6.45) is 11.6. The highest BCUT2D eigenvalue weighted by Crippen LogP contribution is 2.46. The van der Waals surface area contributed by atoms with Gasteiger partial charge in [-0.05, 0) is 52.9 Å². The molecule has 2 fully saturated rings. The molecule has 19 heavy (non-hydrogen) atoms. The fraction of sp³-hybridized carbons (Fsp3) is 0.800. The summed E-state index contributed by atoms with van der Waals surface area (Å²) in [6, 6.07) is 0.129. The summed E-state index contributed by atoms with van der Waals surface area (Å²) in [5, 5.41) is 4.30. The van der Waals surface area contributed by atoms with Crippen LogP contribution in [0.25, 0.3) is 0 Å². The molecule has 2 aliphatic rings. The minimum Gasteiger partial charge on any atom is -0.322 e. The molecule has 0 amide bonds. The molecule has 0 spiro atoms. The van der Waals surface area contributed by atoms with Gasteiger partial charge in [0.05, 0.1) is 22.4 Å². The van der Waals surface area contributed by atoms with Crippen molar-refractivity contribution in [1.29, 1.82) is 0 Å². The summed E-state index contributed by atoms with van der Waals surface area (Å²) in [7, 11) is 1.99. The van der Waals surface area contributed by atoms with E-state index in [-0.39, 0.29) is 6.04 Å². The lowest BCUT2D eigenvalue weighted by atomic mass is 9.66.